The van der Waals surface area contributed by atoms with Gasteiger partial charge in [0.1, 0.15) is 5.75 Å². The van der Waals surface area contributed by atoms with Gasteiger partial charge in [-0.05, 0) is 27.0 Å². The van der Waals surface area contributed by atoms with Crippen LogP contribution in [0.4, 0.5) is 0 Å². The van der Waals surface area contributed by atoms with E-state index in [2.05, 4.69) is 30.3 Å². The van der Waals surface area contributed by atoms with Crippen molar-refractivity contribution in [1.29, 1.82) is 0 Å². The fourth-order valence-corrected chi connectivity index (χ4v) is 2.32. The van der Waals surface area contributed by atoms with Crippen LogP contribution in [-0.2, 0) is 13.1 Å². The average molecular weight is 259 g/mol. The second-order valence-electron chi connectivity index (χ2n) is 4.65. The Balaban J connectivity index is 2.31. The van der Waals surface area contributed by atoms with Crippen molar-refractivity contribution in [2.45, 2.75) is 26.9 Å². The number of methoxy groups -OCH3 is 1. The van der Waals surface area contributed by atoms with Gasteiger partial charge in [0.25, 0.3) is 0 Å². The molecular weight excluding hydrogens is 238 g/mol. The lowest BCUT2D eigenvalue weighted by Crippen LogP contribution is -2.08. The molecule has 2 aromatic rings. The average Bonchev–Trinajstić information content (AvgIpc) is 2.67. The van der Waals surface area contributed by atoms with Crippen molar-refractivity contribution in [3.63, 3.8) is 0 Å². The molecule has 0 fully saturated rings. The van der Waals surface area contributed by atoms with E-state index in [1.54, 1.807) is 7.11 Å². The van der Waals surface area contributed by atoms with E-state index in [4.69, 9.17) is 4.74 Å². The Bertz CT molecular complexity index is 561. The largest absolute Gasteiger partial charge is 0.496 e. The summed E-state index contributed by atoms with van der Waals surface area (Å²) < 4.78 is 7.43. The van der Waals surface area contributed by atoms with Crippen molar-refractivity contribution in [2.24, 2.45) is 0 Å². The van der Waals surface area contributed by atoms with Crippen molar-refractivity contribution in [2.75, 3.05) is 14.2 Å². The molecule has 0 spiro atoms. The Morgan fingerprint density at radius 3 is 2.68 bits per heavy atom. The predicted molar refractivity (Wildman–Crippen MR) is 76.6 cm³/mol. The van der Waals surface area contributed by atoms with Gasteiger partial charge < -0.3 is 10.1 Å². The van der Waals surface area contributed by atoms with Crippen molar-refractivity contribution < 1.29 is 4.74 Å². The SMILES string of the molecule is CNCc1c(C)nn(Cc2ccccc2OC)c1C. The lowest BCUT2D eigenvalue weighted by atomic mass is 10.2. The van der Waals surface area contributed by atoms with E-state index in [0.29, 0.717) is 0 Å². The molecule has 0 aliphatic carbocycles. The normalized spacial score (nSPS) is 10.7. The zero-order valence-corrected chi connectivity index (χ0v) is 12.0. The van der Waals surface area contributed by atoms with Crippen LogP contribution in [-0.4, -0.2) is 23.9 Å². The van der Waals surface area contributed by atoms with Gasteiger partial charge in [0.2, 0.25) is 0 Å². The van der Waals surface area contributed by atoms with E-state index >= 15 is 0 Å². The summed E-state index contributed by atoms with van der Waals surface area (Å²) in [7, 11) is 3.66. The molecule has 2 rings (SSSR count). The van der Waals surface area contributed by atoms with Gasteiger partial charge in [0, 0.05) is 23.4 Å². The Labute approximate surface area is 114 Å². The number of benzene rings is 1. The van der Waals surface area contributed by atoms with E-state index in [1.807, 2.05) is 29.9 Å². The van der Waals surface area contributed by atoms with E-state index in [-0.39, 0.29) is 0 Å². The van der Waals surface area contributed by atoms with Crippen LogP contribution in [0.25, 0.3) is 0 Å². The van der Waals surface area contributed by atoms with Gasteiger partial charge in [-0.1, -0.05) is 18.2 Å². The molecule has 1 N–H and O–H groups in total. The molecule has 4 heteroatoms. The van der Waals surface area contributed by atoms with Gasteiger partial charge in [-0.15, -0.1) is 0 Å². The molecule has 1 aromatic carbocycles. The zero-order valence-electron chi connectivity index (χ0n) is 12.0. The summed E-state index contributed by atoms with van der Waals surface area (Å²) in [5.41, 5.74) is 4.71. The second-order valence-corrected chi connectivity index (χ2v) is 4.65. The third kappa shape index (κ3) is 2.79. The smallest absolute Gasteiger partial charge is 0.123 e. The predicted octanol–water partition coefficient (Wildman–Crippen LogP) is 2.28. The van der Waals surface area contributed by atoms with Crippen molar-refractivity contribution in [3.8, 4) is 5.75 Å². The van der Waals surface area contributed by atoms with Gasteiger partial charge in [0.15, 0.2) is 0 Å². The van der Waals surface area contributed by atoms with Crippen LogP contribution in [0.15, 0.2) is 24.3 Å². The van der Waals surface area contributed by atoms with E-state index in [1.165, 1.54) is 11.3 Å². The molecule has 19 heavy (non-hydrogen) atoms. The number of ether oxygens (including phenoxy) is 1. The van der Waals surface area contributed by atoms with Crippen LogP contribution < -0.4 is 10.1 Å². The highest BCUT2D eigenvalue weighted by Crippen LogP contribution is 2.20. The zero-order chi connectivity index (χ0) is 13.8. The topological polar surface area (TPSA) is 39.1 Å². The number of aromatic nitrogens is 2. The Morgan fingerprint density at radius 2 is 2.00 bits per heavy atom. The number of para-hydroxylation sites is 1. The van der Waals surface area contributed by atoms with Crippen LogP contribution in [0.2, 0.25) is 0 Å². The van der Waals surface area contributed by atoms with Crippen LogP contribution >= 0.6 is 0 Å². The number of hydrogen-bond acceptors (Lipinski definition) is 3. The number of rotatable bonds is 5. The lowest BCUT2D eigenvalue weighted by molar-refractivity contribution is 0.407. The second kappa shape index (κ2) is 5.89. The maximum atomic E-state index is 5.39. The Morgan fingerprint density at radius 1 is 1.26 bits per heavy atom. The molecule has 102 valence electrons. The van der Waals surface area contributed by atoms with Gasteiger partial charge >= 0.3 is 0 Å². The van der Waals surface area contributed by atoms with Gasteiger partial charge in [-0.3, -0.25) is 4.68 Å². The van der Waals surface area contributed by atoms with E-state index < -0.39 is 0 Å². The van der Waals surface area contributed by atoms with Crippen molar-refractivity contribution in [3.05, 3.63) is 46.8 Å². The summed E-state index contributed by atoms with van der Waals surface area (Å²) in [6, 6.07) is 8.07. The molecule has 1 aromatic heterocycles. The number of nitrogens with one attached hydrogen (secondary N) is 1. The van der Waals surface area contributed by atoms with E-state index in [9.17, 15) is 0 Å². The monoisotopic (exact) mass is 259 g/mol. The summed E-state index contributed by atoms with van der Waals surface area (Å²) in [4.78, 5) is 0. The highest BCUT2D eigenvalue weighted by atomic mass is 16.5. The number of aryl methyl sites for hydroxylation is 1. The highest BCUT2D eigenvalue weighted by Gasteiger charge is 2.12. The molecule has 0 unspecified atom stereocenters. The highest BCUT2D eigenvalue weighted by molar-refractivity contribution is 5.34. The number of nitrogens with zero attached hydrogens (tertiary/aromatic N) is 2. The van der Waals surface area contributed by atoms with Crippen LogP contribution in [0.5, 0.6) is 5.75 Å². The van der Waals surface area contributed by atoms with Crippen LogP contribution in [0, 0.1) is 13.8 Å². The quantitative estimate of drug-likeness (QED) is 0.895. The maximum Gasteiger partial charge on any atom is 0.123 e. The summed E-state index contributed by atoms with van der Waals surface area (Å²) in [6.45, 7) is 5.75. The molecule has 0 aliphatic heterocycles. The molecule has 0 aliphatic rings. The first-order valence-electron chi connectivity index (χ1n) is 6.46. The molecule has 0 saturated heterocycles. The molecule has 0 saturated carbocycles. The fraction of sp³-hybridized carbons (Fsp3) is 0.400. The maximum absolute atomic E-state index is 5.39. The van der Waals surface area contributed by atoms with Crippen LogP contribution in [0.1, 0.15) is 22.5 Å². The van der Waals surface area contributed by atoms with Crippen molar-refractivity contribution >= 4 is 0 Å². The minimum Gasteiger partial charge on any atom is -0.496 e. The summed E-state index contributed by atoms with van der Waals surface area (Å²) in [5.74, 6) is 0.908. The third-order valence-electron chi connectivity index (χ3n) is 3.40. The Kier molecular flexibility index (Phi) is 4.22. The molecular formula is C15H21N3O. The fourth-order valence-electron chi connectivity index (χ4n) is 2.32. The standard InChI is InChI=1S/C15H21N3O/c1-11-14(9-16-3)12(2)18(17-11)10-13-7-5-6-8-15(13)19-4/h5-8,16H,9-10H2,1-4H3. The summed E-state index contributed by atoms with van der Waals surface area (Å²) in [6.07, 6.45) is 0. The molecule has 0 bridgehead atoms. The first kappa shape index (κ1) is 13.6. The molecule has 0 amide bonds. The molecule has 0 radical (unpaired) electrons. The van der Waals surface area contributed by atoms with Crippen molar-refractivity contribution in [1.82, 2.24) is 15.1 Å². The molecule has 1 heterocycles. The minimum absolute atomic E-state index is 0.737. The number of hydrogen-bond donors (Lipinski definition) is 1. The third-order valence-corrected chi connectivity index (χ3v) is 3.40. The minimum atomic E-state index is 0.737. The molecule has 4 nitrogen and oxygen atoms in total. The summed E-state index contributed by atoms with van der Waals surface area (Å²) in [5, 5.41) is 7.81. The Hall–Kier alpha value is -1.81. The first-order valence-corrected chi connectivity index (χ1v) is 6.46. The first-order chi connectivity index (χ1) is 9.17. The van der Waals surface area contributed by atoms with Gasteiger partial charge in [-0.2, -0.15) is 5.10 Å². The summed E-state index contributed by atoms with van der Waals surface area (Å²) >= 11 is 0. The van der Waals surface area contributed by atoms with Crippen LogP contribution in [0.3, 0.4) is 0 Å². The molecule has 0 atom stereocenters. The van der Waals surface area contributed by atoms with Gasteiger partial charge in [-0.25, -0.2) is 0 Å². The van der Waals surface area contributed by atoms with E-state index in [0.717, 1.165) is 30.1 Å². The van der Waals surface area contributed by atoms with Gasteiger partial charge in [0.05, 0.1) is 19.3 Å². The lowest BCUT2D eigenvalue weighted by Gasteiger charge is -2.10.